The van der Waals surface area contributed by atoms with Crippen molar-refractivity contribution < 1.29 is 0 Å². The molecule has 0 radical (unpaired) electrons. The molecule has 0 saturated carbocycles. The lowest BCUT2D eigenvalue weighted by atomic mass is 9.65. The first-order valence-corrected chi connectivity index (χ1v) is 19.9. The Morgan fingerprint density at radius 3 is 1.86 bits per heavy atom. The zero-order valence-corrected chi connectivity index (χ0v) is 31.0. The zero-order valence-electron chi connectivity index (χ0n) is 31.0. The van der Waals surface area contributed by atoms with Gasteiger partial charge in [0.15, 0.2) is 0 Å². The van der Waals surface area contributed by atoms with Crippen LogP contribution in [0.3, 0.4) is 0 Å². The highest BCUT2D eigenvalue weighted by Gasteiger charge is 2.52. The van der Waals surface area contributed by atoms with Crippen LogP contribution in [0, 0.1) is 0 Å². The summed E-state index contributed by atoms with van der Waals surface area (Å²) in [6, 6.07) is 77.0. The zero-order chi connectivity index (χ0) is 37.2. The number of para-hydroxylation sites is 4. The second-order valence-electron chi connectivity index (χ2n) is 15.6. The molecular formula is C55H34N2. The molecule has 2 aliphatic rings. The van der Waals surface area contributed by atoms with Crippen LogP contribution in [0.15, 0.2) is 206 Å². The van der Waals surface area contributed by atoms with E-state index >= 15 is 0 Å². The predicted octanol–water partition coefficient (Wildman–Crippen LogP) is 14.4. The Bertz CT molecular complexity index is 3480. The summed E-state index contributed by atoms with van der Waals surface area (Å²) < 4.78 is 2.53. The molecule has 13 rings (SSSR count). The van der Waals surface area contributed by atoms with E-state index in [0.717, 1.165) is 17.1 Å². The summed E-state index contributed by atoms with van der Waals surface area (Å²) in [5.74, 6) is 0. The first-order valence-electron chi connectivity index (χ1n) is 19.9. The molecule has 0 bridgehead atoms. The van der Waals surface area contributed by atoms with Crippen molar-refractivity contribution in [3.05, 3.63) is 229 Å². The van der Waals surface area contributed by atoms with Crippen LogP contribution in [0.5, 0.6) is 0 Å². The molecule has 1 atom stereocenters. The Morgan fingerprint density at radius 2 is 0.982 bits per heavy atom. The summed E-state index contributed by atoms with van der Waals surface area (Å²) in [5, 5.41) is 10.0. The molecule has 57 heavy (non-hydrogen) atoms. The Hall–Kier alpha value is -7.42. The standard InChI is InChI=1S/C55H34N2/c1-2-18-38(19-3-1)56(39-31-29-35-15-4-5-17-37(35)33-39)51-34-48-53(43-23-9-8-21-41(43)51)52-40-20-7-6-16-36(40)30-32-46(52)55(48)45-25-11-13-28-50(45)57-49-27-12-10-22-42(49)44-24-14-26-47(55)54(44)57/h1-34H. The fourth-order valence-electron chi connectivity index (χ4n) is 10.7. The van der Waals surface area contributed by atoms with E-state index in [2.05, 4.69) is 216 Å². The average molecular weight is 723 g/mol. The molecular weight excluding hydrogens is 689 g/mol. The Labute approximate surface area is 330 Å². The first kappa shape index (κ1) is 30.9. The number of nitrogens with zero attached hydrogens (tertiary/aromatic N) is 2. The van der Waals surface area contributed by atoms with Crippen molar-refractivity contribution in [3.63, 3.8) is 0 Å². The lowest BCUT2D eigenvalue weighted by molar-refractivity contribution is 0.749. The van der Waals surface area contributed by atoms with Crippen LogP contribution in [0.25, 0.3) is 70.9 Å². The molecule has 1 aromatic heterocycles. The van der Waals surface area contributed by atoms with Gasteiger partial charge in [0.05, 0.1) is 27.8 Å². The molecule has 0 N–H and O–H groups in total. The Kier molecular flexibility index (Phi) is 6.13. The van der Waals surface area contributed by atoms with Gasteiger partial charge >= 0.3 is 0 Å². The van der Waals surface area contributed by atoms with Gasteiger partial charge in [0, 0.05) is 27.5 Å². The molecule has 1 spiro atoms. The molecule has 0 amide bonds. The highest BCUT2D eigenvalue weighted by atomic mass is 15.1. The third-order valence-electron chi connectivity index (χ3n) is 12.9. The molecule has 10 aromatic carbocycles. The quantitative estimate of drug-likeness (QED) is 0.176. The fraction of sp³-hybridized carbons (Fsp3) is 0.0182. The Balaban J connectivity index is 1.25. The van der Waals surface area contributed by atoms with Crippen LogP contribution in [0.2, 0.25) is 0 Å². The molecule has 0 saturated heterocycles. The minimum atomic E-state index is -0.598. The Morgan fingerprint density at radius 1 is 0.351 bits per heavy atom. The van der Waals surface area contributed by atoms with Crippen molar-refractivity contribution in [2.75, 3.05) is 4.90 Å². The van der Waals surface area contributed by atoms with Crippen molar-refractivity contribution in [3.8, 4) is 16.8 Å². The van der Waals surface area contributed by atoms with Crippen molar-refractivity contribution in [1.29, 1.82) is 0 Å². The maximum atomic E-state index is 2.56. The molecule has 264 valence electrons. The third-order valence-corrected chi connectivity index (χ3v) is 12.9. The summed E-state index contributed by atoms with van der Waals surface area (Å²) in [7, 11) is 0. The van der Waals surface area contributed by atoms with E-state index in [9.17, 15) is 0 Å². The van der Waals surface area contributed by atoms with Gasteiger partial charge in [-0.05, 0) is 103 Å². The number of aromatic nitrogens is 1. The number of fused-ring (bicyclic) bond motifs is 17. The monoisotopic (exact) mass is 722 g/mol. The van der Waals surface area contributed by atoms with Gasteiger partial charge in [0.2, 0.25) is 0 Å². The lowest BCUT2D eigenvalue weighted by Gasteiger charge is -2.40. The number of benzene rings is 10. The van der Waals surface area contributed by atoms with Gasteiger partial charge < -0.3 is 9.47 Å². The molecule has 1 aliphatic heterocycles. The molecule has 1 aliphatic carbocycles. The van der Waals surface area contributed by atoms with Crippen LogP contribution in [-0.2, 0) is 5.41 Å². The first-order chi connectivity index (χ1) is 28.3. The van der Waals surface area contributed by atoms with E-state index < -0.39 is 5.41 Å². The number of anilines is 3. The fourth-order valence-corrected chi connectivity index (χ4v) is 10.7. The highest BCUT2D eigenvalue weighted by molar-refractivity contribution is 6.18. The maximum Gasteiger partial charge on any atom is 0.0755 e. The van der Waals surface area contributed by atoms with Gasteiger partial charge in [-0.25, -0.2) is 0 Å². The highest BCUT2D eigenvalue weighted by Crippen LogP contribution is 2.64. The van der Waals surface area contributed by atoms with Crippen LogP contribution in [0.1, 0.15) is 22.3 Å². The van der Waals surface area contributed by atoms with Crippen LogP contribution >= 0.6 is 0 Å². The van der Waals surface area contributed by atoms with E-state index in [-0.39, 0.29) is 0 Å². The van der Waals surface area contributed by atoms with Crippen LogP contribution in [0.4, 0.5) is 17.1 Å². The lowest BCUT2D eigenvalue weighted by Crippen LogP contribution is -2.33. The van der Waals surface area contributed by atoms with Gasteiger partial charge in [-0.2, -0.15) is 0 Å². The molecule has 2 nitrogen and oxygen atoms in total. The molecule has 2 heterocycles. The number of rotatable bonds is 3. The largest absolute Gasteiger partial charge is 0.310 e. The minimum Gasteiger partial charge on any atom is -0.310 e. The van der Waals surface area contributed by atoms with Crippen LogP contribution in [-0.4, -0.2) is 4.57 Å². The van der Waals surface area contributed by atoms with Crippen molar-refractivity contribution in [2.24, 2.45) is 0 Å². The van der Waals surface area contributed by atoms with Gasteiger partial charge in [0.1, 0.15) is 0 Å². The molecule has 0 fully saturated rings. The number of hydrogen-bond donors (Lipinski definition) is 0. The second-order valence-corrected chi connectivity index (χ2v) is 15.6. The van der Waals surface area contributed by atoms with Crippen molar-refractivity contribution >= 4 is 71.2 Å². The van der Waals surface area contributed by atoms with Crippen LogP contribution < -0.4 is 4.90 Å². The minimum absolute atomic E-state index is 0.598. The van der Waals surface area contributed by atoms with E-state index in [1.165, 1.54) is 93.2 Å². The molecule has 1 unspecified atom stereocenters. The maximum absolute atomic E-state index is 2.56. The summed E-state index contributed by atoms with van der Waals surface area (Å²) in [5.41, 5.74) is 14.5. The summed E-state index contributed by atoms with van der Waals surface area (Å²) in [6.45, 7) is 0. The number of hydrogen-bond acceptors (Lipinski definition) is 1. The SMILES string of the molecule is c1ccc(N(c2ccc3ccccc3c2)c2cc3c(c4ccccc24)-c2c(ccc4ccccc24)C32c3ccccc3-n3c4ccccc4c4cccc2c43)cc1. The van der Waals surface area contributed by atoms with Gasteiger partial charge in [-0.15, -0.1) is 0 Å². The van der Waals surface area contributed by atoms with E-state index in [1.807, 2.05) is 0 Å². The summed E-state index contributed by atoms with van der Waals surface area (Å²) >= 11 is 0. The van der Waals surface area contributed by atoms with Gasteiger partial charge in [-0.1, -0.05) is 164 Å². The smallest absolute Gasteiger partial charge is 0.0755 e. The topological polar surface area (TPSA) is 8.17 Å². The normalized spacial score (nSPS) is 15.1. The predicted molar refractivity (Wildman–Crippen MR) is 239 cm³/mol. The van der Waals surface area contributed by atoms with Crippen molar-refractivity contribution in [1.82, 2.24) is 4.57 Å². The van der Waals surface area contributed by atoms with E-state index in [0.29, 0.717) is 0 Å². The van der Waals surface area contributed by atoms with Crippen molar-refractivity contribution in [2.45, 2.75) is 5.41 Å². The van der Waals surface area contributed by atoms with E-state index in [1.54, 1.807) is 0 Å². The molecule has 11 aromatic rings. The molecule has 2 heteroatoms. The summed E-state index contributed by atoms with van der Waals surface area (Å²) in [6.07, 6.45) is 0. The average Bonchev–Trinajstić information content (AvgIpc) is 3.78. The van der Waals surface area contributed by atoms with E-state index in [4.69, 9.17) is 0 Å². The second kappa shape index (κ2) is 11.3. The van der Waals surface area contributed by atoms with Gasteiger partial charge in [0.25, 0.3) is 0 Å². The summed E-state index contributed by atoms with van der Waals surface area (Å²) in [4.78, 5) is 2.48. The third kappa shape index (κ3) is 3.94. The van der Waals surface area contributed by atoms with Gasteiger partial charge in [-0.3, -0.25) is 0 Å².